The van der Waals surface area contributed by atoms with E-state index in [4.69, 9.17) is 14.6 Å². The lowest BCUT2D eigenvalue weighted by Crippen LogP contribution is -2.17. The second kappa shape index (κ2) is 8.12. The van der Waals surface area contributed by atoms with Crippen LogP contribution >= 0.6 is 0 Å². The number of benzene rings is 3. The molecular weight excluding hydrogens is 380 g/mol. The van der Waals surface area contributed by atoms with Gasteiger partial charge in [-0.1, -0.05) is 30.3 Å². The molecule has 0 radical (unpaired) electrons. The molecule has 8 heteroatoms. The van der Waals surface area contributed by atoms with Gasteiger partial charge in [0, 0.05) is 5.56 Å². The molecule has 0 fully saturated rings. The Labute approximate surface area is 162 Å². The van der Waals surface area contributed by atoms with Crippen molar-refractivity contribution in [2.24, 2.45) is 5.14 Å². The third kappa shape index (κ3) is 4.48. The van der Waals surface area contributed by atoms with E-state index in [2.05, 4.69) is 5.32 Å². The minimum atomic E-state index is -4.05. The summed E-state index contributed by atoms with van der Waals surface area (Å²) in [7, 11) is -2.73. The van der Waals surface area contributed by atoms with Crippen molar-refractivity contribution >= 4 is 21.6 Å². The molecule has 0 aliphatic rings. The number of para-hydroxylation sites is 3. The topological polar surface area (TPSA) is 108 Å². The molecule has 0 unspecified atom stereocenters. The summed E-state index contributed by atoms with van der Waals surface area (Å²) in [5, 5.41) is 7.93. The van der Waals surface area contributed by atoms with Crippen molar-refractivity contribution < 1.29 is 22.7 Å². The third-order valence-corrected chi connectivity index (χ3v) is 4.77. The van der Waals surface area contributed by atoms with E-state index in [1.165, 1.54) is 25.3 Å². The molecule has 0 spiro atoms. The zero-order chi connectivity index (χ0) is 20.1. The number of hydrogen-bond acceptors (Lipinski definition) is 5. The van der Waals surface area contributed by atoms with Crippen LogP contribution in [0.25, 0.3) is 0 Å². The van der Waals surface area contributed by atoms with Gasteiger partial charge in [0.15, 0.2) is 5.75 Å². The van der Waals surface area contributed by atoms with Gasteiger partial charge >= 0.3 is 0 Å². The van der Waals surface area contributed by atoms with Crippen LogP contribution in [-0.2, 0) is 10.0 Å². The van der Waals surface area contributed by atoms with Gasteiger partial charge in [-0.2, -0.15) is 0 Å². The second-order valence-corrected chi connectivity index (χ2v) is 7.31. The van der Waals surface area contributed by atoms with Gasteiger partial charge in [0.05, 0.1) is 12.8 Å². The third-order valence-electron chi connectivity index (χ3n) is 3.84. The number of methoxy groups -OCH3 is 1. The average molecular weight is 398 g/mol. The summed E-state index contributed by atoms with van der Waals surface area (Å²) in [6.07, 6.45) is 0. The minimum Gasteiger partial charge on any atom is -0.495 e. The Morgan fingerprint density at radius 1 is 0.929 bits per heavy atom. The predicted molar refractivity (Wildman–Crippen MR) is 105 cm³/mol. The van der Waals surface area contributed by atoms with Crippen LogP contribution in [0.3, 0.4) is 0 Å². The molecule has 28 heavy (non-hydrogen) atoms. The van der Waals surface area contributed by atoms with Crippen LogP contribution in [0.15, 0.2) is 77.7 Å². The molecule has 0 heterocycles. The van der Waals surface area contributed by atoms with Gasteiger partial charge in [-0.05, 0) is 42.5 Å². The molecule has 0 atom stereocenters. The molecule has 0 aromatic heterocycles. The average Bonchev–Trinajstić information content (AvgIpc) is 2.69. The SMILES string of the molecule is COc1ccc(C(=O)Nc2ccccc2Oc2ccccc2)cc1S(N)(=O)=O. The van der Waals surface area contributed by atoms with E-state index in [1.807, 2.05) is 18.2 Å². The van der Waals surface area contributed by atoms with Crippen LogP contribution < -0.4 is 19.9 Å². The molecular formula is C20H18N2O5S. The summed E-state index contributed by atoms with van der Waals surface area (Å²) in [5.74, 6) is 0.607. The Morgan fingerprint density at radius 3 is 2.29 bits per heavy atom. The fraction of sp³-hybridized carbons (Fsp3) is 0.0500. The van der Waals surface area contributed by atoms with Gasteiger partial charge in [0.2, 0.25) is 10.0 Å². The summed E-state index contributed by atoms with van der Waals surface area (Å²) < 4.78 is 34.3. The Bertz CT molecular complexity index is 1100. The number of nitrogens with one attached hydrogen (secondary N) is 1. The highest BCUT2D eigenvalue weighted by Gasteiger charge is 2.19. The first-order valence-electron chi connectivity index (χ1n) is 8.22. The number of hydrogen-bond donors (Lipinski definition) is 2. The van der Waals surface area contributed by atoms with Crippen molar-refractivity contribution in [1.82, 2.24) is 0 Å². The van der Waals surface area contributed by atoms with Crippen LogP contribution in [0, 0.1) is 0 Å². The highest BCUT2D eigenvalue weighted by atomic mass is 32.2. The summed E-state index contributed by atoms with van der Waals surface area (Å²) in [6, 6.07) is 20.0. The van der Waals surface area contributed by atoms with Crippen LogP contribution in [0.1, 0.15) is 10.4 Å². The number of ether oxygens (including phenoxy) is 2. The minimum absolute atomic E-state index is 0.0619. The molecule has 0 saturated heterocycles. The number of nitrogens with two attached hydrogens (primary N) is 1. The maximum Gasteiger partial charge on any atom is 0.255 e. The molecule has 1 amide bonds. The molecule has 3 aromatic rings. The second-order valence-electron chi connectivity index (χ2n) is 5.78. The molecule has 0 aliphatic carbocycles. The number of amides is 1. The highest BCUT2D eigenvalue weighted by Crippen LogP contribution is 2.30. The Hall–Kier alpha value is -3.36. The van der Waals surface area contributed by atoms with Gasteiger partial charge in [-0.15, -0.1) is 0 Å². The zero-order valence-corrected chi connectivity index (χ0v) is 15.8. The van der Waals surface area contributed by atoms with Crippen LogP contribution in [0.2, 0.25) is 0 Å². The molecule has 3 aromatic carbocycles. The van der Waals surface area contributed by atoms with Crippen LogP contribution in [-0.4, -0.2) is 21.4 Å². The lowest BCUT2D eigenvalue weighted by molar-refractivity contribution is 0.102. The van der Waals surface area contributed by atoms with Gasteiger partial charge in [-0.25, -0.2) is 13.6 Å². The lowest BCUT2D eigenvalue weighted by atomic mass is 10.2. The van der Waals surface area contributed by atoms with Gasteiger partial charge in [0.1, 0.15) is 16.4 Å². The van der Waals surface area contributed by atoms with Crippen molar-refractivity contribution in [2.45, 2.75) is 4.90 Å². The first-order chi connectivity index (χ1) is 13.4. The summed E-state index contributed by atoms with van der Waals surface area (Å²) in [6.45, 7) is 0. The smallest absolute Gasteiger partial charge is 0.255 e. The van der Waals surface area contributed by atoms with Gasteiger partial charge < -0.3 is 14.8 Å². The fourth-order valence-electron chi connectivity index (χ4n) is 2.51. The van der Waals surface area contributed by atoms with E-state index in [1.54, 1.807) is 36.4 Å². The van der Waals surface area contributed by atoms with E-state index in [0.29, 0.717) is 17.2 Å². The Morgan fingerprint density at radius 2 is 1.61 bits per heavy atom. The largest absolute Gasteiger partial charge is 0.495 e. The molecule has 0 aliphatic heterocycles. The monoisotopic (exact) mass is 398 g/mol. The van der Waals surface area contributed by atoms with Crippen molar-refractivity contribution in [3.8, 4) is 17.2 Å². The van der Waals surface area contributed by atoms with Crippen molar-refractivity contribution in [3.05, 3.63) is 78.4 Å². The van der Waals surface area contributed by atoms with E-state index in [0.717, 1.165) is 0 Å². The zero-order valence-electron chi connectivity index (χ0n) is 15.0. The normalized spacial score (nSPS) is 10.9. The summed E-state index contributed by atoms with van der Waals surface area (Å²) in [5.41, 5.74) is 0.545. The van der Waals surface area contributed by atoms with E-state index < -0.39 is 15.9 Å². The number of primary sulfonamides is 1. The number of carbonyl (C=O) groups excluding carboxylic acids is 1. The highest BCUT2D eigenvalue weighted by molar-refractivity contribution is 7.89. The molecule has 0 bridgehead atoms. The number of carbonyl (C=O) groups is 1. The maximum absolute atomic E-state index is 12.7. The van der Waals surface area contributed by atoms with Crippen molar-refractivity contribution in [2.75, 3.05) is 12.4 Å². The standard InChI is InChI=1S/C20H18N2O5S/c1-26-18-12-11-14(13-19(18)28(21,24)25)20(23)22-16-9-5-6-10-17(16)27-15-7-3-2-4-8-15/h2-13H,1H3,(H,22,23)(H2,21,24,25). The molecule has 0 saturated carbocycles. The van der Waals surface area contributed by atoms with E-state index in [-0.39, 0.29) is 16.2 Å². The Balaban J connectivity index is 1.88. The van der Waals surface area contributed by atoms with E-state index in [9.17, 15) is 13.2 Å². The Kier molecular flexibility index (Phi) is 5.62. The van der Waals surface area contributed by atoms with Crippen LogP contribution in [0.5, 0.6) is 17.2 Å². The van der Waals surface area contributed by atoms with Crippen LogP contribution in [0.4, 0.5) is 5.69 Å². The number of anilines is 1. The first kappa shape index (κ1) is 19.4. The molecule has 7 nitrogen and oxygen atoms in total. The molecule has 3 N–H and O–H groups in total. The van der Waals surface area contributed by atoms with Crippen molar-refractivity contribution in [3.63, 3.8) is 0 Å². The predicted octanol–water partition coefficient (Wildman–Crippen LogP) is 3.39. The lowest BCUT2D eigenvalue weighted by Gasteiger charge is -2.13. The summed E-state index contributed by atoms with van der Waals surface area (Å²) in [4.78, 5) is 12.4. The fourth-order valence-corrected chi connectivity index (χ4v) is 3.23. The maximum atomic E-state index is 12.7. The quantitative estimate of drug-likeness (QED) is 0.662. The van der Waals surface area contributed by atoms with Gasteiger partial charge in [0.25, 0.3) is 5.91 Å². The first-order valence-corrected chi connectivity index (χ1v) is 9.77. The molecule has 144 valence electrons. The summed E-state index contributed by atoms with van der Waals surface area (Å²) >= 11 is 0. The molecule has 3 rings (SSSR count). The van der Waals surface area contributed by atoms with Crippen molar-refractivity contribution in [1.29, 1.82) is 0 Å². The number of sulfonamides is 1. The van der Waals surface area contributed by atoms with Gasteiger partial charge in [-0.3, -0.25) is 4.79 Å². The number of rotatable bonds is 6. The van der Waals surface area contributed by atoms with E-state index >= 15 is 0 Å².